The Morgan fingerprint density at radius 3 is 2.57 bits per heavy atom. The predicted molar refractivity (Wildman–Crippen MR) is 119 cm³/mol. The van der Waals surface area contributed by atoms with Gasteiger partial charge in [0.1, 0.15) is 22.6 Å². The summed E-state index contributed by atoms with van der Waals surface area (Å²) in [6, 6.07) is 3.61. The number of hydroxylamine groups is 1. The van der Waals surface area contributed by atoms with E-state index in [1.165, 1.54) is 12.8 Å². The smallest absolute Gasteiger partial charge is 0.141 e. The van der Waals surface area contributed by atoms with Gasteiger partial charge in [-0.1, -0.05) is 60.6 Å². The lowest BCUT2D eigenvalue weighted by atomic mass is 10.2. The highest BCUT2D eigenvalue weighted by molar-refractivity contribution is 6.55. The van der Waals surface area contributed by atoms with E-state index in [9.17, 15) is 0 Å². The summed E-state index contributed by atoms with van der Waals surface area (Å²) < 4.78 is 11.6. The van der Waals surface area contributed by atoms with Crippen LogP contribution in [0.3, 0.4) is 0 Å². The molecule has 4 nitrogen and oxygen atoms in total. The van der Waals surface area contributed by atoms with Gasteiger partial charge in [-0.05, 0) is 50.3 Å². The van der Waals surface area contributed by atoms with Crippen molar-refractivity contribution >= 4 is 34.8 Å². The topological polar surface area (TPSA) is 39.7 Å². The molecule has 1 rings (SSSR count). The van der Waals surface area contributed by atoms with Gasteiger partial charge in [0, 0.05) is 12.3 Å². The number of benzene rings is 1. The van der Waals surface area contributed by atoms with Crippen LogP contribution in [-0.2, 0) is 4.84 Å². The van der Waals surface area contributed by atoms with E-state index in [4.69, 9.17) is 49.1 Å². The quantitative estimate of drug-likeness (QED) is 0.228. The van der Waals surface area contributed by atoms with Crippen molar-refractivity contribution in [2.75, 3.05) is 19.8 Å². The van der Waals surface area contributed by atoms with Crippen molar-refractivity contribution in [3.05, 3.63) is 45.6 Å². The molecule has 0 atom stereocenters. The van der Waals surface area contributed by atoms with E-state index < -0.39 is 0 Å². The molecule has 0 amide bonds. The van der Waals surface area contributed by atoms with Gasteiger partial charge < -0.3 is 9.47 Å². The highest BCUT2D eigenvalue weighted by Gasteiger charge is 2.09. The lowest BCUT2D eigenvalue weighted by Gasteiger charge is -2.13. The molecule has 0 bridgehead atoms. The first kappa shape index (κ1) is 25.0. The summed E-state index contributed by atoms with van der Waals surface area (Å²) in [5, 5.41) is 0.526. The van der Waals surface area contributed by atoms with Crippen molar-refractivity contribution in [1.82, 2.24) is 5.48 Å². The van der Waals surface area contributed by atoms with E-state index in [1.54, 1.807) is 12.1 Å². The highest BCUT2D eigenvalue weighted by Crippen LogP contribution is 2.33. The van der Waals surface area contributed by atoms with E-state index in [1.807, 2.05) is 19.2 Å². The van der Waals surface area contributed by atoms with Gasteiger partial charge in [-0.3, -0.25) is 10.3 Å². The van der Waals surface area contributed by atoms with Crippen LogP contribution in [0, 0.1) is 6.92 Å². The van der Waals surface area contributed by atoms with Crippen LogP contribution in [0.4, 0.5) is 0 Å². The molecule has 1 N–H and O–H groups in total. The van der Waals surface area contributed by atoms with Gasteiger partial charge in [-0.15, -0.1) is 0 Å². The average molecular weight is 451 g/mol. The number of nitrogens with one attached hydrogen (secondary N) is 1. The molecule has 0 fully saturated rings. The first-order valence-corrected chi connectivity index (χ1v) is 10.8. The Kier molecular flexibility index (Phi) is 14.1. The van der Waals surface area contributed by atoms with E-state index in [0.29, 0.717) is 29.7 Å². The number of hydrogen-bond donors (Lipinski definition) is 1. The molecule has 0 aliphatic heterocycles. The van der Waals surface area contributed by atoms with Crippen LogP contribution in [-0.4, -0.2) is 19.8 Å². The van der Waals surface area contributed by atoms with Crippen molar-refractivity contribution in [3.8, 4) is 11.5 Å². The molecule has 0 unspecified atom stereocenters. The molecule has 0 aliphatic carbocycles. The Hall–Kier alpha value is -1.07. The molecule has 28 heavy (non-hydrogen) atoms. The van der Waals surface area contributed by atoms with Gasteiger partial charge in [-0.25, -0.2) is 0 Å². The maximum atomic E-state index is 6.31. The van der Waals surface area contributed by atoms with Crippen LogP contribution < -0.4 is 15.0 Å². The Balaban J connectivity index is 2.19. The van der Waals surface area contributed by atoms with Gasteiger partial charge in [-0.2, -0.15) is 0 Å². The number of ether oxygens (including phenoxy) is 2. The van der Waals surface area contributed by atoms with Gasteiger partial charge >= 0.3 is 0 Å². The van der Waals surface area contributed by atoms with Crippen LogP contribution in [0.5, 0.6) is 11.5 Å². The van der Waals surface area contributed by atoms with Crippen molar-refractivity contribution in [2.45, 2.75) is 52.4 Å². The lowest BCUT2D eigenvalue weighted by Crippen LogP contribution is -2.08. The molecular formula is C21H30Cl3NO3. The van der Waals surface area contributed by atoms with E-state index in [2.05, 4.69) is 18.5 Å². The molecule has 1 aromatic rings. The molecule has 0 aliphatic rings. The van der Waals surface area contributed by atoms with Crippen molar-refractivity contribution in [3.63, 3.8) is 0 Å². The average Bonchev–Trinajstić information content (AvgIpc) is 2.64. The minimum Gasteiger partial charge on any atom is -0.492 e. The summed E-state index contributed by atoms with van der Waals surface area (Å²) in [7, 11) is 0. The molecule has 158 valence electrons. The van der Waals surface area contributed by atoms with Crippen LogP contribution in [0.15, 0.2) is 35.0 Å². The molecular weight excluding hydrogens is 421 g/mol. The largest absolute Gasteiger partial charge is 0.492 e. The molecule has 7 heteroatoms. The van der Waals surface area contributed by atoms with Crippen molar-refractivity contribution < 1.29 is 14.3 Å². The van der Waals surface area contributed by atoms with E-state index in [-0.39, 0.29) is 11.1 Å². The third-order valence-electron chi connectivity index (χ3n) is 3.82. The second-order valence-electron chi connectivity index (χ2n) is 6.28. The molecule has 0 radical (unpaired) electrons. The summed E-state index contributed by atoms with van der Waals surface area (Å²) in [6.45, 7) is 5.68. The third kappa shape index (κ3) is 11.7. The van der Waals surface area contributed by atoms with E-state index >= 15 is 0 Å². The zero-order valence-corrected chi connectivity index (χ0v) is 18.9. The Morgan fingerprint density at radius 1 is 1.07 bits per heavy atom. The Labute approximate surface area is 183 Å². The van der Waals surface area contributed by atoms with Gasteiger partial charge in [0.15, 0.2) is 0 Å². The van der Waals surface area contributed by atoms with Crippen molar-refractivity contribution in [1.29, 1.82) is 0 Å². The van der Waals surface area contributed by atoms with Crippen LogP contribution in [0.2, 0.25) is 5.02 Å². The summed E-state index contributed by atoms with van der Waals surface area (Å²) in [6.07, 6.45) is 11.9. The zero-order valence-electron chi connectivity index (χ0n) is 16.6. The first-order valence-electron chi connectivity index (χ1n) is 9.63. The molecule has 1 aromatic carbocycles. The maximum Gasteiger partial charge on any atom is 0.141 e. The van der Waals surface area contributed by atoms with Gasteiger partial charge in [0.2, 0.25) is 0 Å². The highest BCUT2D eigenvalue weighted by atomic mass is 35.5. The van der Waals surface area contributed by atoms with Gasteiger partial charge in [0.25, 0.3) is 0 Å². The molecule has 0 saturated carbocycles. The Bertz CT molecular complexity index is 594. The predicted octanol–water partition coefficient (Wildman–Crippen LogP) is 7.12. The molecule has 0 aromatic heterocycles. The summed E-state index contributed by atoms with van der Waals surface area (Å²) in [4.78, 5) is 5.34. The second-order valence-corrected chi connectivity index (χ2v) is 7.69. The Morgan fingerprint density at radius 2 is 1.86 bits per heavy atom. The van der Waals surface area contributed by atoms with Crippen molar-refractivity contribution in [2.24, 2.45) is 0 Å². The fourth-order valence-electron chi connectivity index (χ4n) is 2.35. The third-order valence-corrected chi connectivity index (χ3v) is 4.41. The number of aryl methyl sites for hydroxylation is 1. The van der Waals surface area contributed by atoms with Crippen LogP contribution in [0.25, 0.3) is 0 Å². The fourth-order valence-corrected chi connectivity index (χ4v) is 2.79. The minimum absolute atomic E-state index is 0.174. The normalized spacial score (nSPS) is 10.9. The first-order chi connectivity index (χ1) is 13.5. The number of unbranched alkanes of at least 4 members (excludes halogenated alkanes) is 4. The number of hydrogen-bond acceptors (Lipinski definition) is 4. The van der Waals surface area contributed by atoms with Crippen LogP contribution in [0.1, 0.15) is 51.0 Å². The minimum atomic E-state index is 0.174. The number of halogens is 3. The second kappa shape index (κ2) is 15.8. The zero-order chi connectivity index (χ0) is 20.6. The number of rotatable bonds is 15. The molecule has 0 heterocycles. The summed E-state index contributed by atoms with van der Waals surface area (Å²) in [5.41, 5.74) is 3.76. The fraction of sp³-hybridized carbons (Fsp3) is 0.524. The molecule has 0 saturated heterocycles. The van der Waals surface area contributed by atoms with E-state index in [0.717, 1.165) is 31.2 Å². The number of allylic oxidation sites excluding steroid dienone is 1. The monoisotopic (exact) mass is 449 g/mol. The lowest BCUT2D eigenvalue weighted by molar-refractivity contribution is 0.0674. The van der Waals surface area contributed by atoms with Gasteiger partial charge in [0.05, 0.1) is 18.2 Å². The summed E-state index contributed by atoms with van der Waals surface area (Å²) in [5.74, 6) is 1.34. The standard InChI is InChI=1S/C21H30Cl3NO3/c1-3-4-5-7-11-25-28-13-9-6-8-12-27-21-17(2)15-18(16-19(21)22)26-14-10-20(23)24/h7,10-11,15-16,25H,3-6,8-9,12-14H2,1-2H3. The maximum absolute atomic E-state index is 6.31. The SMILES string of the molecule is CCCCC=CNOCCCCCOc1c(C)cc(OCC=C(Cl)Cl)cc1Cl. The van der Waals surface area contributed by atoms with Crippen LogP contribution >= 0.6 is 34.8 Å². The molecule has 0 spiro atoms. The summed E-state index contributed by atoms with van der Waals surface area (Å²) >= 11 is 17.4.